The predicted molar refractivity (Wildman–Crippen MR) is 123 cm³/mol. The molecule has 3 aromatic carbocycles. The van der Waals surface area contributed by atoms with Crippen molar-refractivity contribution in [3.8, 4) is 0 Å². The van der Waals surface area contributed by atoms with Crippen molar-refractivity contribution < 1.29 is 9.59 Å². The molecule has 1 fully saturated rings. The fourth-order valence-electron chi connectivity index (χ4n) is 3.75. The highest BCUT2D eigenvalue weighted by Crippen LogP contribution is 2.23. The maximum absolute atomic E-state index is 13.2. The molecule has 1 aliphatic rings. The fourth-order valence-corrected chi connectivity index (χ4v) is 3.87. The van der Waals surface area contributed by atoms with Crippen LogP contribution in [0.2, 0.25) is 5.02 Å². The van der Waals surface area contributed by atoms with E-state index < -0.39 is 0 Å². The van der Waals surface area contributed by atoms with Crippen LogP contribution in [0, 0.1) is 0 Å². The van der Waals surface area contributed by atoms with Crippen molar-refractivity contribution in [3.05, 3.63) is 101 Å². The fraction of sp³-hybridized carbons (Fsp3) is 0.200. The predicted octanol–water partition coefficient (Wildman–Crippen LogP) is 4.86. The van der Waals surface area contributed by atoms with Crippen LogP contribution < -0.4 is 10.2 Å². The number of hydrogen-bond acceptors (Lipinski definition) is 2. The van der Waals surface area contributed by atoms with Crippen LogP contribution in [0.3, 0.4) is 0 Å². The van der Waals surface area contributed by atoms with Gasteiger partial charge in [0, 0.05) is 36.8 Å². The largest absolute Gasteiger partial charge is 0.333 e. The van der Waals surface area contributed by atoms with Crippen molar-refractivity contribution in [2.45, 2.75) is 25.6 Å². The molecule has 0 spiro atoms. The number of anilines is 1. The standard InChI is InChI=1S/C25H24ClN3O2/c26-21-11-13-23(14-12-21)29-18-22(15-24(29)30)27-25(31)28(16-19-7-3-1-4-8-19)17-20-9-5-2-6-10-20/h1-14,22H,15-18H2,(H,27,31)/t22-/m1/s1. The van der Waals surface area contributed by atoms with Gasteiger partial charge in [-0.1, -0.05) is 72.3 Å². The number of rotatable bonds is 6. The Labute approximate surface area is 187 Å². The van der Waals surface area contributed by atoms with Gasteiger partial charge in [-0.15, -0.1) is 0 Å². The minimum atomic E-state index is -0.246. The molecule has 0 radical (unpaired) electrons. The Hall–Kier alpha value is -3.31. The molecule has 1 N–H and O–H groups in total. The third-order valence-corrected chi connectivity index (χ3v) is 5.56. The second-order valence-electron chi connectivity index (χ2n) is 7.66. The number of nitrogens with one attached hydrogen (secondary N) is 1. The molecule has 0 bridgehead atoms. The molecule has 1 heterocycles. The number of halogens is 1. The van der Waals surface area contributed by atoms with Crippen molar-refractivity contribution in [3.63, 3.8) is 0 Å². The molecule has 0 aliphatic carbocycles. The second kappa shape index (κ2) is 9.67. The number of carbonyl (C=O) groups is 2. The molecule has 6 heteroatoms. The molecule has 3 amide bonds. The first-order valence-electron chi connectivity index (χ1n) is 10.3. The van der Waals surface area contributed by atoms with Gasteiger partial charge >= 0.3 is 6.03 Å². The molecule has 0 unspecified atom stereocenters. The van der Waals surface area contributed by atoms with Gasteiger partial charge in [0.2, 0.25) is 5.91 Å². The normalized spacial score (nSPS) is 15.7. The monoisotopic (exact) mass is 433 g/mol. The zero-order valence-electron chi connectivity index (χ0n) is 17.1. The van der Waals surface area contributed by atoms with Crippen LogP contribution in [0.25, 0.3) is 0 Å². The zero-order chi connectivity index (χ0) is 21.6. The first-order chi connectivity index (χ1) is 15.1. The summed E-state index contributed by atoms with van der Waals surface area (Å²) in [6.07, 6.45) is 0.277. The maximum Gasteiger partial charge on any atom is 0.318 e. The van der Waals surface area contributed by atoms with Gasteiger partial charge in [-0.2, -0.15) is 0 Å². The Morgan fingerprint density at radius 3 is 2.00 bits per heavy atom. The van der Waals surface area contributed by atoms with Crippen LogP contribution in [0.5, 0.6) is 0 Å². The minimum absolute atomic E-state index is 0.00899. The van der Waals surface area contributed by atoms with E-state index in [-0.39, 0.29) is 24.4 Å². The Balaban J connectivity index is 1.45. The molecule has 0 saturated carbocycles. The number of carbonyl (C=O) groups excluding carboxylic acids is 2. The molecule has 4 rings (SSSR count). The SMILES string of the molecule is O=C(N[C@@H]1CC(=O)N(c2ccc(Cl)cc2)C1)N(Cc1ccccc1)Cc1ccccc1. The Morgan fingerprint density at radius 1 is 0.903 bits per heavy atom. The van der Waals surface area contributed by atoms with Gasteiger partial charge in [0.15, 0.2) is 0 Å². The Bertz CT molecular complexity index is 984. The summed E-state index contributed by atoms with van der Waals surface area (Å²) >= 11 is 5.95. The molecule has 158 valence electrons. The molecular weight excluding hydrogens is 410 g/mol. The molecule has 1 saturated heterocycles. The Kier molecular flexibility index (Phi) is 6.53. The van der Waals surface area contributed by atoms with Gasteiger partial charge in [-0.05, 0) is 35.4 Å². The number of urea groups is 1. The van der Waals surface area contributed by atoms with E-state index in [1.165, 1.54) is 0 Å². The lowest BCUT2D eigenvalue weighted by Gasteiger charge is -2.25. The number of benzene rings is 3. The average Bonchev–Trinajstić information content (AvgIpc) is 3.15. The molecule has 5 nitrogen and oxygen atoms in total. The van der Waals surface area contributed by atoms with Gasteiger partial charge in [0.25, 0.3) is 0 Å². The molecule has 3 aromatic rings. The highest BCUT2D eigenvalue weighted by atomic mass is 35.5. The van der Waals surface area contributed by atoms with E-state index in [4.69, 9.17) is 11.6 Å². The van der Waals surface area contributed by atoms with E-state index in [1.807, 2.05) is 72.8 Å². The lowest BCUT2D eigenvalue weighted by molar-refractivity contribution is -0.117. The van der Waals surface area contributed by atoms with Gasteiger partial charge in [-0.25, -0.2) is 4.79 Å². The third-order valence-electron chi connectivity index (χ3n) is 5.31. The van der Waals surface area contributed by atoms with Crippen LogP contribution in [0.1, 0.15) is 17.5 Å². The van der Waals surface area contributed by atoms with Crippen LogP contribution in [0.4, 0.5) is 10.5 Å². The van der Waals surface area contributed by atoms with Crippen LogP contribution in [-0.4, -0.2) is 29.4 Å². The van der Waals surface area contributed by atoms with Crippen LogP contribution >= 0.6 is 11.6 Å². The summed E-state index contributed by atoms with van der Waals surface area (Å²) in [5, 5.41) is 3.68. The number of hydrogen-bond donors (Lipinski definition) is 1. The van der Waals surface area contributed by atoms with E-state index in [0.29, 0.717) is 24.7 Å². The Morgan fingerprint density at radius 2 is 1.45 bits per heavy atom. The van der Waals surface area contributed by atoms with Crippen molar-refractivity contribution in [1.29, 1.82) is 0 Å². The highest BCUT2D eigenvalue weighted by molar-refractivity contribution is 6.30. The van der Waals surface area contributed by atoms with E-state index in [2.05, 4.69) is 5.32 Å². The minimum Gasteiger partial charge on any atom is -0.333 e. The van der Waals surface area contributed by atoms with Crippen molar-refractivity contribution >= 4 is 29.2 Å². The van der Waals surface area contributed by atoms with Crippen LogP contribution in [0.15, 0.2) is 84.9 Å². The topological polar surface area (TPSA) is 52.7 Å². The van der Waals surface area contributed by atoms with Gasteiger partial charge in [-0.3, -0.25) is 4.79 Å². The van der Waals surface area contributed by atoms with Crippen LogP contribution in [-0.2, 0) is 17.9 Å². The lowest BCUT2D eigenvalue weighted by atomic mass is 10.1. The summed E-state index contributed by atoms with van der Waals surface area (Å²) < 4.78 is 0. The summed E-state index contributed by atoms with van der Waals surface area (Å²) in [6, 6.07) is 26.5. The van der Waals surface area contributed by atoms with E-state index >= 15 is 0 Å². The van der Waals surface area contributed by atoms with Crippen molar-refractivity contribution in [1.82, 2.24) is 10.2 Å². The lowest BCUT2D eigenvalue weighted by Crippen LogP contribution is -2.45. The van der Waals surface area contributed by atoms with Gasteiger partial charge < -0.3 is 15.1 Å². The average molecular weight is 434 g/mol. The van der Waals surface area contributed by atoms with Crippen molar-refractivity contribution in [2.24, 2.45) is 0 Å². The summed E-state index contributed by atoms with van der Waals surface area (Å²) in [5.74, 6) is -0.00899. The summed E-state index contributed by atoms with van der Waals surface area (Å²) in [7, 11) is 0. The van der Waals surface area contributed by atoms with Gasteiger partial charge in [0.05, 0.1) is 6.04 Å². The molecule has 0 aromatic heterocycles. The number of nitrogens with zero attached hydrogens (tertiary/aromatic N) is 2. The zero-order valence-corrected chi connectivity index (χ0v) is 17.8. The van der Waals surface area contributed by atoms with E-state index in [0.717, 1.165) is 16.8 Å². The van der Waals surface area contributed by atoms with E-state index in [9.17, 15) is 9.59 Å². The first kappa shape index (κ1) is 20.9. The van der Waals surface area contributed by atoms with Gasteiger partial charge in [0.1, 0.15) is 0 Å². The first-order valence-corrected chi connectivity index (χ1v) is 10.7. The number of amides is 3. The second-order valence-corrected chi connectivity index (χ2v) is 8.09. The maximum atomic E-state index is 13.2. The smallest absolute Gasteiger partial charge is 0.318 e. The molecule has 1 atom stereocenters. The van der Waals surface area contributed by atoms with Crippen molar-refractivity contribution in [2.75, 3.05) is 11.4 Å². The molecule has 31 heavy (non-hydrogen) atoms. The summed E-state index contributed by atoms with van der Waals surface area (Å²) in [4.78, 5) is 29.2. The van der Waals surface area contributed by atoms with E-state index in [1.54, 1.807) is 21.9 Å². The quantitative estimate of drug-likeness (QED) is 0.603. The summed E-state index contributed by atoms with van der Waals surface area (Å²) in [6.45, 7) is 1.42. The summed E-state index contributed by atoms with van der Waals surface area (Å²) in [5.41, 5.74) is 2.90. The third kappa shape index (κ3) is 5.44. The molecule has 1 aliphatic heterocycles. The highest BCUT2D eigenvalue weighted by Gasteiger charge is 2.32. The molecular formula is C25H24ClN3O2.